The maximum Gasteiger partial charge on any atom is 0.340 e. The Bertz CT molecular complexity index is 794. The lowest BCUT2D eigenvalue weighted by molar-refractivity contribution is -0.139. The Morgan fingerprint density at radius 2 is 1.92 bits per heavy atom. The molecule has 1 aromatic carbocycles. The summed E-state index contributed by atoms with van der Waals surface area (Å²) in [7, 11) is 0. The summed E-state index contributed by atoms with van der Waals surface area (Å²) in [5.41, 5.74) is 6.05. The molecule has 140 valence electrons. The largest absolute Gasteiger partial charge is 0.463 e. The third-order valence-corrected chi connectivity index (χ3v) is 4.06. The van der Waals surface area contributed by atoms with Crippen molar-refractivity contribution in [1.29, 1.82) is 0 Å². The molecule has 1 atom stereocenters. The zero-order valence-corrected chi connectivity index (χ0v) is 15.5. The van der Waals surface area contributed by atoms with Crippen LogP contribution in [-0.4, -0.2) is 37.2 Å². The molecule has 10 heteroatoms. The van der Waals surface area contributed by atoms with Crippen LogP contribution in [0.3, 0.4) is 0 Å². The second-order valence-electron chi connectivity index (χ2n) is 5.36. The summed E-state index contributed by atoms with van der Waals surface area (Å²) < 4.78 is 10.1. The summed E-state index contributed by atoms with van der Waals surface area (Å²) in [6.45, 7) is 3.06. The van der Waals surface area contributed by atoms with Crippen molar-refractivity contribution in [3.63, 3.8) is 0 Å². The van der Waals surface area contributed by atoms with Crippen LogP contribution in [0, 0.1) is 0 Å². The highest BCUT2D eigenvalue weighted by Gasteiger charge is 2.30. The number of halogens is 2. The van der Waals surface area contributed by atoms with E-state index in [9.17, 15) is 14.4 Å². The number of benzene rings is 1. The van der Waals surface area contributed by atoms with Crippen LogP contribution in [0.4, 0.5) is 10.5 Å². The molecule has 2 rings (SSSR count). The zero-order chi connectivity index (χ0) is 19.4. The molecule has 1 aromatic rings. The number of nitrogens with one attached hydrogen (secondary N) is 2. The number of hydrogen-bond acceptors (Lipinski definition) is 6. The first-order valence-corrected chi connectivity index (χ1v) is 8.39. The second-order valence-corrected chi connectivity index (χ2v) is 6.20. The summed E-state index contributed by atoms with van der Waals surface area (Å²) in [5.74, 6) is -1.42. The van der Waals surface area contributed by atoms with E-state index < -0.39 is 24.0 Å². The smallest absolute Gasteiger partial charge is 0.340 e. The third-order valence-electron chi connectivity index (χ3n) is 3.53. The minimum atomic E-state index is -0.803. The number of esters is 2. The van der Waals surface area contributed by atoms with Crippen molar-refractivity contribution in [2.75, 3.05) is 18.9 Å². The van der Waals surface area contributed by atoms with Crippen LogP contribution >= 0.6 is 23.2 Å². The Labute approximate surface area is 159 Å². The average molecular weight is 402 g/mol. The van der Waals surface area contributed by atoms with Gasteiger partial charge in [-0.25, -0.2) is 14.4 Å². The van der Waals surface area contributed by atoms with Gasteiger partial charge >= 0.3 is 18.0 Å². The van der Waals surface area contributed by atoms with Gasteiger partial charge in [0.15, 0.2) is 0 Å². The van der Waals surface area contributed by atoms with Gasteiger partial charge in [0.2, 0.25) is 0 Å². The highest BCUT2D eigenvalue weighted by Crippen LogP contribution is 2.28. The molecule has 0 saturated heterocycles. The van der Waals surface area contributed by atoms with Gasteiger partial charge in [-0.1, -0.05) is 23.2 Å². The number of nitrogens with two attached hydrogens (primary N) is 1. The van der Waals surface area contributed by atoms with Crippen molar-refractivity contribution in [2.24, 2.45) is 0 Å². The van der Waals surface area contributed by atoms with Crippen LogP contribution in [0.1, 0.15) is 24.2 Å². The maximum absolute atomic E-state index is 12.3. The summed E-state index contributed by atoms with van der Waals surface area (Å²) in [6.07, 6.45) is 0. The molecular formula is C16H17Cl2N3O5. The quantitative estimate of drug-likeness (QED) is 0.513. The molecule has 8 nitrogen and oxygen atoms in total. The van der Waals surface area contributed by atoms with E-state index >= 15 is 0 Å². The van der Waals surface area contributed by atoms with Crippen molar-refractivity contribution in [1.82, 2.24) is 10.6 Å². The lowest BCUT2D eigenvalue weighted by atomic mass is 10.0. The van der Waals surface area contributed by atoms with E-state index in [0.29, 0.717) is 0 Å². The molecule has 0 aliphatic carbocycles. The minimum Gasteiger partial charge on any atom is -0.463 e. The van der Waals surface area contributed by atoms with Crippen molar-refractivity contribution in [3.05, 3.63) is 39.0 Å². The van der Waals surface area contributed by atoms with Crippen LogP contribution < -0.4 is 16.4 Å². The number of rotatable bonds is 5. The summed E-state index contributed by atoms with van der Waals surface area (Å²) in [4.78, 5) is 36.1. The Morgan fingerprint density at radius 1 is 1.23 bits per heavy atom. The van der Waals surface area contributed by atoms with Gasteiger partial charge in [-0.05, 0) is 26.0 Å². The molecule has 0 radical (unpaired) electrons. The highest BCUT2D eigenvalue weighted by molar-refractivity contribution is 6.37. The number of urea groups is 1. The van der Waals surface area contributed by atoms with Gasteiger partial charge < -0.3 is 25.8 Å². The number of carbonyl (C=O) groups excluding carboxylic acids is 3. The summed E-state index contributed by atoms with van der Waals surface area (Å²) in [5, 5.41) is 5.31. The van der Waals surface area contributed by atoms with E-state index in [4.69, 9.17) is 38.4 Å². The standard InChI is InChI=1S/C16H17Cl2N3O5/c1-3-25-15(23)12-7(2)20-16(24)21-11(12)6-26-14(22)9-4-8(17)5-10(18)13(9)19/h4-5,7H,3,6,19H2,1-2H3,(H2,20,21,24)/t7-/m1/s1. The Morgan fingerprint density at radius 3 is 2.58 bits per heavy atom. The average Bonchev–Trinajstić information content (AvgIpc) is 2.55. The van der Waals surface area contributed by atoms with Crippen LogP contribution in [0.5, 0.6) is 0 Å². The molecule has 1 heterocycles. The van der Waals surface area contributed by atoms with Crippen molar-refractivity contribution in [3.8, 4) is 0 Å². The predicted octanol–water partition coefficient (Wildman–Crippen LogP) is 2.25. The number of nitrogen functional groups attached to an aromatic ring is 1. The van der Waals surface area contributed by atoms with Gasteiger partial charge in [0, 0.05) is 5.02 Å². The molecular weight excluding hydrogens is 385 g/mol. The summed E-state index contributed by atoms with van der Waals surface area (Å²) in [6, 6.07) is 1.57. The van der Waals surface area contributed by atoms with Gasteiger partial charge in [0.25, 0.3) is 0 Å². The van der Waals surface area contributed by atoms with E-state index in [0.717, 1.165) is 0 Å². The number of ether oxygens (including phenoxy) is 2. The molecule has 1 aliphatic rings. The van der Waals surface area contributed by atoms with Gasteiger partial charge in [0.05, 0.1) is 40.2 Å². The summed E-state index contributed by atoms with van der Waals surface area (Å²) >= 11 is 11.8. The third kappa shape index (κ3) is 4.39. The van der Waals surface area contributed by atoms with Crippen LogP contribution in [0.25, 0.3) is 0 Å². The fourth-order valence-corrected chi connectivity index (χ4v) is 2.86. The first-order chi connectivity index (χ1) is 12.2. The molecule has 1 aliphatic heterocycles. The molecule has 4 N–H and O–H groups in total. The van der Waals surface area contributed by atoms with Crippen molar-refractivity contribution >= 4 is 46.9 Å². The highest BCUT2D eigenvalue weighted by atomic mass is 35.5. The number of carbonyl (C=O) groups is 3. The molecule has 0 bridgehead atoms. The van der Waals surface area contributed by atoms with Crippen LogP contribution in [-0.2, 0) is 14.3 Å². The number of anilines is 1. The van der Waals surface area contributed by atoms with Gasteiger partial charge in [-0.3, -0.25) is 0 Å². The van der Waals surface area contributed by atoms with Crippen molar-refractivity contribution in [2.45, 2.75) is 19.9 Å². The zero-order valence-electron chi connectivity index (χ0n) is 14.0. The van der Waals surface area contributed by atoms with Crippen LogP contribution in [0.15, 0.2) is 23.4 Å². The van der Waals surface area contributed by atoms with Gasteiger partial charge in [0.1, 0.15) is 6.61 Å². The SMILES string of the molecule is CCOC(=O)C1=C(COC(=O)c2cc(Cl)cc(Cl)c2N)NC(=O)N[C@@H]1C. The molecule has 2 amide bonds. The first-order valence-electron chi connectivity index (χ1n) is 7.63. The Kier molecular flexibility index (Phi) is 6.33. The second kappa shape index (κ2) is 8.29. The molecule has 0 unspecified atom stereocenters. The number of hydrogen-bond donors (Lipinski definition) is 3. The molecule has 26 heavy (non-hydrogen) atoms. The van der Waals surface area contributed by atoms with Gasteiger partial charge in [-0.15, -0.1) is 0 Å². The van der Waals surface area contributed by atoms with E-state index in [1.54, 1.807) is 13.8 Å². The fraction of sp³-hybridized carbons (Fsp3) is 0.312. The lowest BCUT2D eigenvalue weighted by Gasteiger charge is -2.26. The minimum absolute atomic E-state index is 0.0170. The predicted molar refractivity (Wildman–Crippen MR) is 95.9 cm³/mol. The van der Waals surface area contributed by atoms with Crippen LogP contribution in [0.2, 0.25) is 10.0 Å². The molecule has 0 spiro atoms. The molecule has 0 aromatic heterocycles. The maximum atomic E-state index is 12.3. The normalized spacial score (nSPS) is 16.6. The fourth-order valence-electron chi connectivity index (χ4n) is 2.36. The van der Waals surface area contributed by atoms with E-state index in [-0.39, 0.29) is 45.8 Å². The lowest BCUT2D eigenvalue weighted by Crippen LogP contribution is -2.50. The molecule has 0 fully saturated rings. The monoisotopic (exact) mass is 401 g/mol. The van der Waals surface area contributed by atoms with E-state index in [1.807, 2.05) is 0 Å². The topological polar surface area (TPSA) is 120 Å². The first kappa shape index (κ1) is 19.9. The van der Waals surface area contributed by atoms with E-state index in [2.05, 4.69) is 10.6 Å². The van der Waals surface area contributed by atoms with Gasteiger partial charge in [-0.2, -0.15) is 0 Å². The van der Waals surface area contributed by atoms with E-state index in [1.165, 1.54) is 12.1 Å². The Balaban J connectivity index is 2.24. The molecule has 0 saturated carbocycles. The number of amides is 2. The van der Waals surface area contributed by atoms with Crippen molar-refractivity contribution < 1.29 is 23.9 Å². The Hall–Kier alpha value is -2.45.